The van der Waals surface area contributed by atoms with Crippen LogP contribution in [0, 0.1) is 0 Å². The van der Waals surface area contributed by atoms with Gasteiger partial charge in [0.05, 0.1) is 34.6 Å². The average molecular weight is 478 g/mol. The predicted molar refractivity (Wildman–Crippen MR) is 73.4 cm³/mol. The molecule has 12 nitrogen and oxygen atoms in total. The third-order valence-electron chi connectivity index (χ3n) is 1.60. The number of hydrogen-bond acceptors (Lipinski definition) is 12. The molecule has 0 fully saturated rings. The van der Waals surface area contributed by atoms with E-state index in [9.17, 15) is 58.5 Å². The second kappa shape index (κ2) is 20.8. The molecule has 28 heavy (non-hydrogen) atoms. The third kappa shape index (κ3) is 18.1. The SMILES string of the molecule is O=C=CC(=C=O)C(=O)[O-].O=C=CC(=C=O)C(=O)[O-].O=C=CC(=C=O)C(=O)[O-].[Rh+3]. The van der Waals surface area contributed by atoms with Crippen molar-refractivity contribution in [2.24, 2.45) is 0 Å². The molecule has 0 aliphatic rings. The summed E-state index contributed by atoms with van der Waals surface area (Å²) in [6.07, 6.45) is 1.34. The van der Waals surface area contributed by atoms with Crippen LogP contribution in [0.15, 0.2) is 34.9 Å². The van der Waals surface area contributed by atoms with Gasteiger partial charge in [-0.25, -0.2) is 28.8 Å². The minimum Gasteiger partial charge on any atom is -0.544 e. The Hall–Kier alpha value is -4.27. The fraction of sp³-hybridized carbons (Fsp3) is 0. The molecule has 0 aromatic heterocycles. The number of aliphatic carboxylic acids is 3. The Morgan fingerprint density at radius 2 is 0.679 bits per heavy atom. The molecule has 0 saturated carbocycles. The van der Waals surface area contributed by atoms with Crippen LogP contribution in [0.1, 0.15) is 0 Å². The number of carbonyl (C=O) groups excluding carboxylic acids is 9. The first-order valence-corrected chi connectivity index (χ1v) is 5.68. The zero-order chi connectivity index (χ0) is 21.8. The smallest absolute Gasteiger partial charge is 0.544 e. The summed E-state index contributed by atoms with van der Waals surface area (Å²) in [4.78, 5) is 86.0. The largest absolute Gasteiger partial charge is 3.00 e. The molecule has 144 valence electrons. The maximum Gasteiger partial charge on any atom is 3.00 e. The fourth-order valence-electron chi connectivity index (χ4n) is 0.567. The van der Waals surface area contributed by atoms with Crippen molar-refractivity contribution in [1.82, 2.24) is 0 Å². The van der Waals surface area contributed by atoms with Crippen LogP contribution < -0.4 is 15.3 Å². The molecule has 0 heterocycles. The van der Waals surface area contributed by atoms with E-state index in [2.05, 4.69) is 0 Å². The molecule has 0 radical (unpaired) electrons. The molecular weight excluding hydrogens is 475 g/mol. The standard InChI is InChI=1S/3C5H2O4.Rh/c3*6-2-1-4(3-7)5(8)9;/h3*1H,(H,8,9);/q;;;+3/p-3. The minimum absolute atomic E-state index is 0. The molecule has 0 amide bonds. The van der Waals surface area contributed by atoms with Crippen LogP contribution >= 0.6 is 0 Å². The van der Waals surface area contributed by atoms with Gasteiger partial charge >= 0.3 is 19.5 Å². The van der Waals surface area contributed by atoms with Crippen LogP contribution in [0.3, 0.4) is 0 Å². The van der Waals surface area contributed by atoms with Crippen LogP contribution in [0.4, 0.5) is 0 Å². The molecule has 0 rings (SSSR count). The predicted octanol–water partition coefficient (Wildman–Crippen LogP) is -6.36. The van der Waals surface area contributed by atoms with Crippen LogP contribution in [-0.4, -0.2) is 53.6 Å². The summed E-state index contributed by atoms with van der Waals surface area (Å²) >= 11 is 0. The second-order valence-electron chi connectivity index (χ2n) is 3.20. The van der Waals surface area contributed by atoms with E-state index >= 15 is 0 Å². The van der Waals surface area contributed by atoms with Crippen LogP contribution in [-0.2, 0) is 62.6 Å². The number of carbonyl (C=O) groups is 3. The van der Waals surface area contributed by atoms with Gasteiger partial charge in [-0.2, -0.15) is 0 Å². The number of carboxylic acids is 3. The van der Waals surface area contributed by atoms with Crippen LogP contribution in [0.25, 0.3) is 0 Å². The van der Waals surface area contributed by atoms with E-state index in [1.54, 1.807) is 0 Å². The molecule has 0 atom stereocenters. The summed E-state index contributed by atoms with van der Waals surface area (Å²) < 4.78 is 0. The van der Waals surface area contributed by atoms with Crippen molar-refractivity contribution in [3.8, 4) is 0 Å². The van der Waals surface area contributed by atoms with Gasteiger partial charge in [0.1, 0.15) is 35.6 Å². The Morgan fingerprint density at radius 3 is 0.714 bits per heavy atom. The topological polar surface area (TPSA) is 223 Å². The average Bonchev–Trinajstić information content (AvgIpc) is 2.62. The first-order chi connectivity index (χ1) is 12.7. The van der Waals surface area contributed by atoms with E-state index in [-0.39, 0.29) is 19.5 Å². The van der Waals surface area contributed by atoms with E-state index in [1.807, 2.05) is 0 Å². The van der Waals surface area contributed by atoms with E-state index in [0.29, 0.717) is 18.2 Å². The monoisotopic (exact) mass is 478 g/mol. The summed E-state index contributed by atoms with van der Waals surface area (Å²) in [6, 6.07) is 0. The van der Waals surface area contributed by atoms with Crippen molar-refractivity contribution < 1.29 is 77.9 Å². The Kier molecular flexibility index (Phi) is 23.4. The summed E-state index contributed by atoms with van der Waals surface area (Å²) in [5.41, 5.74) is -2.49. The van der Waals surface area contributed by atoms with Crippen molar-refractivity contribution in [2.45, 2.75) is 0 Å². The molecule has 0 aliphatic heterocycles. The molecule has 0 unspecified atom stereocenters. The van der Waals surface area contributed by atoms with Crippen molar-refractivity contribution in [2.75, 3.05) is 0 Å². The molecular formula is C15H3O12Rh. The molecule has 0 N–H and O–H groups in total. The van der Waals surface area contributed by atoms with Gasteiger partial charge in [0.25, 0.3) is 0 Å². The van der Waals surface area contributed by atoms with Crippen molar-refractivity contribution in [3.05, 3.63) is 34.9 Å². The van der Waals surface area contributed by atoms with Gasteiger partial charge in [-0.1, -0.05) is 0 Å². The summed E-state index contributed by atoms with van der Waals surface area (Å²) in [7, 11) is 0. The Labute approximate surface area is 166 Å². The molecule has 13 heteroatoms. The first-order valence-electron chi connectivity index (χ1n) is 5.68. The van der Waals surface area contributed by atoms with Gasteiger partial charge in [-0.05, 0) is 0 Å². The summed E-state index contributed by atoms with van der Waals surface area (Å²) in [5, 5.41) is 29.1. The first kappa shape index (κ1) is 31.5. The van der Waals surface area contributed by atoms with Gasteiger partial charge in [0, 0.05) is 18.2 Å². The molecule has 0 saturated heterocycles. The van der Waals surface area contributed by atoms with Gasteiger partial charge in [-0.3, -0.25) is 0 Å². The van der Waals surface area contributed by atoms with E-state index in [4.69, 9.17) is 0 Å². The molecule has 0 bridgehead atoms. The van der Waals surface area contributed by atoms with E-state index in [1.165, 1.54) is 0 Å². The number of carboxylic acid groups (broad SMARTS) is 3. The second-order valence-corrected chi connectivity index (χ2v) is 3.20. The number of hydrogen-bond donors (Lipinski definition) is 0. The number of rotatable bonds is 6. The quantitative estimate of drug-likeness (QED) is 0.150. The molecule has 0 aromatic rings. The molecule has 0 spiro atoms. The summed E-state index contributed by atoms with van der Waals surface area (Å²) in [5.74, 6) is 1.10. The van der Waals surface area contributed by atoms with Crippen molar-refractivity contribution >= 4 is 53.6 Å². The van der Waals surface area contributed by atoms with Crippen LogP contribution in [0.5, 0.6) is 0 Å². The van der Waals surface area contributed by atoms with Gasteiger partial charge in [-0.15, -0.1) is 0 Å². The minimum atomic E-state index is -1.73. The molecule has 0 aliphatic carbocycles. The van der Waals surface area contributed by atoms with Crippen LogP contribution in [0.2, 0.25) is 0 Å². The fourth-order valence-corrected chi connectivity index (χ4v) is 0.567. The van der Waals surface area contributed by atoms with Crippen molar-refractivity contribution in [1.29, 1.82) is 0 Å². The Balaban J connectivity index is -0.000000152. The van der Waals surface area contributed by atoms with Crippen molar-refractivity contribution in [3.63, 3.8) is 0 Å². The van der Waals surface area contributed by atoms with Gasteiger partial charge in [0.2, 0.25) is 0 Å². The molecule has 0 aromatic carbocycles. The van der Waals surface area contributed by atoms with E-state index in [0.717, 1.165) is 35.6 Å². The Bertz CT molecular complexity index is 758. The zero-order valence-electron chi connectivity index (χ0n) is 13.0. The third-order valence-corrected chi connectivity index (χ3v) is 1.60. The van der Waals surface area contributed by atoms with Gasteiger partial charge < -0.3 is 29.7 Å². The van der Waals surface area contributed by atoms with E-state index < -0.39 is 34.6 Å². The van der Waals surface area contributed by atoms with Gasteiger partial charge in [0.15, 0.2) is 0 Å². The normalized spacial score (nSPS) is 6.43. The zero-order valence-corrected chi connectivity index (χ0v) is 14.6. The maximum absolute atomic E-state index is 9.70. The maximum atomic E-state index is 9.70. The summed E-state index contributed by atoms with van der Waals surface area (Å²) in [6.45, 7) is 0. The Morgan fingerprint density at radius 1 is 0.500 bits per heavy atom.